The fourth-order valence-corrected chi connectivity index (χ4v) is 4.09. The van der Waals surface area contributed by atoms with E-state index >= 15 is 0 Å². The highest BCUT2D eigenvalue weighted by Crippen LogP contribution is 2.29. The molecule has 4 rings (SSSR count). The van der Waals surface area contributed by atoms with Crippen molar-refractivity contribution in [3.8, 4) is 0 Å². The van der Waals surface area contributed by atoms with Crippen molar-refractivity contribution < 1.29 is 27.9 Å². The minimum absolute atomic E-state index is 0.184. The summed E-state index contributed by atoms with van der Waals surface area (Å²) in [6.07, 6.45) is 1.33. The van der Waals surface area contributed by atoms with E-state index in [1.807, 2.05) is 0 Å². The molecule has 0 spiro atoms. The third kappa shape index (κ3) is 5.38. The van der Waals surface area contributed by atoms with Crippen LogP contribution in [0.3, 0.4) is 0 Å². The van der Waals surface area contributed by atoms with Gasteiger partial charge in [0.15, 0.2) is 5.11 Å². The standard InChI is InChI=1S/C25H22FN3O5S/c1-2-33-24(32)16-5-11-19(12-6-16)29-23(31)21(28(25(29)35)15-20-4-3-13-34-20)14-22(30)27-18-9-7-17(26)8-10-18/h3-13,21H,2,14-15H2,1H3,(H,27,30)/t21-/m0/s1. The molecule has 1 fully saturated rings. The Labute approximate surface area is 206 Å². The molecular weight excluding hydrogens is 473 g/mol. The van der Waals surface area contributed by atoms with Crippen molar-refractivity contribution in [1.29, 1.82) is 0 Å². The molecule has 0 aliphatic carbocycles. The van der Waals surface area contributed by atoms with Gasteiger partial charge in [-0.3, -0.25) is 14.5 Å². The summed E-state index contributed by atoms with van der Waals surface area (Å²) in [5.41, 5.74) is 1.21. The van der Waals surface area contributed by atoms with Gasteiger partial charge in [0.25, 0.3) is 5.91 Å². The highest BCUT2D eigenvalue weighted by atomic mass is 32.1. The number of anilines is 2. The normalized spacial score (nSPS) is 15.4. The molecular formula is C25H22FN3O5S. The molecule has 1 aromatic heterocycles. The smallest absolute Gasteiger partial charge is 0.338 e. The minimum Gasteiger partial charge on any atom is -0.467 e. The second kappa shape index (κ2) is 10.5. The topological polar surface area (TPSA) is 92.1 Å². The Bertz CT molecular complexity index is 1230. The number of ether oxygens (including phenoxy) is 1. The van der Waals surface area contributed by atoms with Crippen LogP contribution in [-0.2, 0) is 20.9 Å². The largest absolute Gasteiger partial charge is 0.467 e. The zero-order valence-corrected chi connectivity index (χ0v) is 19.6. The summed E-state index contributed by atoms with van der Waals surface area (Å²) in [7, 11) is 0. The van der Waals surface area contributed by atoms with E-state index in [1.165, 1.54) is 35.4 Å². The quantitative estimate of drug-likeness (QED) is 0.371. The lowest BCUT2D eigenvalue weighted by Gasteiger charge is -2.22. The molecule has 0 bridgehead atoms. The first-order valence-corrected chi connectivity index (χ1v) is 11.3. The Morgan fingerprint density at radius 2 is 1.83 bits per heavy atom. The maximum Gasteiger partial charge on any atom is 0.338 e. The molecule has 2 aromatic carbocycles. The van der Waals surface area contributed by atoms with Crippen LogP contribution in [0.2, 0.25) is 0 Å². The lowest BCUT2D eigenvalue weighted by atomic mass is 10.1. The first-order chi connectivity index (χ1) is 16.9. The van der Waals surface area contributed by atoms with Crippen LogP contribution in [-0.4, -0.2) is 40.4 Å². The molecule has 180 valence electrons. The molecule has 1 aliphatic rings. The summed E-state index contributed by atoms with van der Waals surface area (Å²) in [4.78, 5) is 41.1. The number of nitrogens with zero attached hydrogens (tertiary/aromatic N) is 2. The van der Waals surface area contributed by atoms with E-state index < -0.39 is 23.7 Å². The lowest BCUT2D eigenvalue weighted by molar-refractivity contribution is -0.124. The van der Waals surface area contributed by atoms with E-state index in [4.69, 9.17) is 21.4 Å². The van der Waals surface area contributed by atoms with Gasteiger partial charge < -0.3 is 19.4 Å². The number of nitrogens with one attached hydrogen (secondary N) is 1. The van der Waals surface area contributed by atoms with Gasteiger partial charge in [0, 0.05) is 5.69 Å². The molecule has 1 atom stereocenters. The van der Waals surface area contributed by atoms with Gasteiger partial charge in [-0.1, -0.05) is 0 Å². The molecule has 1 N–H and O–H groups in total. The Kier molecular flexibility index (Phi) is 7.21. The second-order valence-electron chi connectivity index (χ2n) is 7.71. The molecule has 2 amide bonds. The van der Waals surface area contributed by atoms with Gasteiger partial charge in [-0.05, 0) is 79.8 Å². The Morgan fingerprint density at radius 1 is 1.11 bits per heavy atom. The SMILES string of the molecule is CCOC(=O)c1ccc(N2C(=O)[C@H](CC(=O)Nc3ccc(F)cc3)N(Cc3ccco3)C2=S)cc1. The Balaban J connectivity index is 1.56. The summed E-state index contributed by atoms with van der Waals surface area (Å²) < 4.78 is 23.6. The molecule has 0 unspecified atom stereocenters. The number of carbonyl (C=O) groups is 3. The fourth-order valence-electron chi connectivity index (χ4n) is 3.70. The monoisotopic (exact) mass is 495 g/mol. The van der Waals surface area contributed by atoms with E-state index in [0.717, 1.165) is 0 Å². The third-order valence-corrected chi connectivity index (χ3v) is 5.79. The van der Waals surface area contributed by atoms with E-state index in [9.17, 15) is 18.8 Å². The molecule has 35 heavy (non-hydrogen) atoms. The average molecular weight is 496 g/mol. The van der Waals surface area contributed by atoms with E-state index in [0.29, 0.717) is 22.7 Å². The van der Waals surface area contributed by atoms with Crippen LogP contribution in [0.5, 0.6) is 0 Å². The van der Waals surface area contributed by atoms with Crippen molar-refractivity contribution in [2.24, 2.45) is 0 Å². The highest BCUT2D eigenvalue weighted by molar-refractivity contribution is 7.80. The van der Waals surface area contributed by atoms with Crippen molar-refractivity contribution in [3.05, 3.63) is 84.1 Å². The maximum atomic E-state index is 13.5. The highest BCUT2D eigenvalue weighted by Gasteiger charge is 2.44. The fraction of sp³-hybridized carbons (Fsp3) is 0.200. The van der Waals surface area contributed by atoms with Gasteiger partial charge in [-0.2, -0.15) is 0 Å². The van der Waals surface area contributed by atoms with Crippen molar-refractivity contribution in [3.63, 3.8) is 0 Å². The number of esters is 1. The molecule has 1 saturated heterocycles. The van der Waals surface area contributed by atoms with Crippen LogP contribution < -0.4 is 10.2 Å². The molecule has 0 radical (unpaired) electrons. The van der Waals surface area contributed by atoms with Crippen LogP contribution in [0, 0.1) is 5.82 Å². The van der Waals surface area contributed by atoms with E-state index in [1.54, 1.807) is 48.2 Å². The van der Waals surface area contributed by atoms with Crippen LogP contribution in [0.15, 0.2) is 71.3 Å². The molecule has 3 aromatic rings. The van der Waals surface area contributed by atoms with Crippen LogP contribution in [0.1, 0.15) is 29.5 Å². The predicted octanol–water partition coefficient (Wildman–Crippen LogP) is 4.13. The number of rotatable bonds is 8. The van der Waals surface area contributed by atoms with Crippen molar-refractivity contribution in [2.75, 3.05) is 16.8 Å². The summed E-state index contributed by atoms with van der Waals surface area (Å²) in [6, 6.07) is 14.2. The van der Waals surface area contributed by atoms with Crippen LogP contribution >= 0.6 is 12.2 Å². The van der Waals surface area contributed by atoms with E-state index in [-0.39, 0.29) is 30.6 Å². The van der Waals surface area contributed by atoms with Gasteiger partial charge in [0.05, 0.1) is 37.1 Å². The number of halogens is 1. The van der Waals surface area contributed by atoms with Crippen LogP contribution in [0.4, 0.5) is 15.8 Å². The number of hydrogen-bond donors (Lipinski definition) is 1. The number of amides is 2. The average Bonchev–Trinajstić information content (AvgIpc) is 3.43. The molecule has 10 heteroatoms. The van der Waals surface area contributed by atoms with Gasteiger partial charge in [-0.15, -0.1) is 0 Å². The van der Waals surface area contributed by atoms with Crippen molar-refractivity contribution >= 4 is 46.5 Å². The maximum absolute atomic E-state index is 13.5. The van der Waals surface area contributed by atoms with Gasteiger partial charge in [0.1, 0.15) is 17.6 Å². The summed E-state index contributed by atoms with van der Waals surface area (Å²) in [5.74, 6) is -1.14. The van der Waals surface area contributed by atoms with E-state index in [2.05, 4.69) is 5.32 Å². The first kappa shape index (κ1) is 24.1. The van der Waals surface area contributed by atoms with Gasteiger partial charge in [0.2, 0.25) is 5.91 Å². The number of furan rings is 1. The van der Waals surface area contributed by atoms with Crippen LogP contribution in [0.25, 0.3) is 0 Å². The zero-order chi connectivity index (χ0) is 24.9. The summed E-state index contributed by atoms with van der Waals surface area (Å²) >= 11 is 5.62. The van der Waals surface area contributed by atoms with Gasteiger partial charge >= 0.3 is 5.97 Å². The predicted molar refractivity (Wildman–Crippen MR) is 130 cm³/mol. The zero-order valence-electron chi connectivity index (χ0n) is 18.8. The third-order valence-electron chi connectivity index (χ3n) is 5.37. The lowest BCUT2D eigenvalue weighted by Crippen LogP contribution is -2.37. The Morgan fingerprint density at radius 3 is 2.46 bits per heavy atom. The number of carbonyl (C=O) groups excluding carboxylic acids is 3. The molecule has 1 aliphatic heterocycles. The van der Waals surface area contributed by atoms with Crippen molar-refractivity contribution in [2.45, 2.75) is 25.9 Å². The van der Waals surface area contributed by atoms with Crippen molar-refractivity contribution in [1.82, 2.24) is 4.90 Å². The molecule has 0 saturated carbocycles. The number of thiocarbonyl (C=S) groups is 1. The molecule has 8 nitrogen and oxygen atoms in total. The number of benzene rings is 2. The first-order valence-electron chi connectivity index (χ1n) is 10.9. The minimum atomic E-state index is -0.891. The second-order valence-corrected chi connectivity index (χ2v) is 8.07. The number of hydrogen-bond acceptors (Lipinski definition) is 6. The summed E-state index contributed by atoms with van der Waals surface area (Å²) in [6.45, 7) is 2.15. The summed E-state index contributed by atoms with van der Waals surface area (Å²) in [5, 5.41) is 2.88. The molecule has 2 heterocycles. The van der Waals surface area contributed by atoms with Gasteiger partial charge in [-0.25, -0.2) is 9.18 Å². The Hall–Kier alpha value is -4.05.